The van der Waals surface area contributed by atoms with Gasteiger partial charge in [-0.1, -0.05) is 30.3 Å². The predicted octanol–water partition coefficient (Wildman–Crippen LogP) is 0.868. The van der Waals surface area contributed by atoms with E-state index in [9.17, 15) is 4.79 Å². The Kier molecular flexibility index (Phi) is 5.42. The smallest absolute Gasteiger partial charge is 0.219 e. The molecule has 0 bridgehead atoms. The fourth-order valence-electron chi connectivity index (χ4n) is 1.46. The monoisotopic (exact) mass is 251 g/mol. The number of benzene rings is 1. The van der Waals surface area contributed by atoms with Crippen LogP contribution in [0.25, 0.3) is 0 Å². The van der Waals surface area contributed by atoms with Gasteiger partial charge in [-0.25, -0.2) is 0 Å². The van der Waals surface area contributed by atoms with Gasteiger partial charge in [-0.05, 0) is 17.8 Å². The average Bonchev–Trinajstić information content (AvgIpc) is 2.34. The summed E-state index contributed by atoms with van der Waals surface area (Å²) in [5.41, 5.74) is 6.29. The number of thiocarbonyl (C=S) groups is 1. The van der Waals surface area contributed by atoms with E-state index in [2.05, 4.69) is 5.32 Å². The fourth-order valence-corrected chi connectivity index (χ4v) is 1.62. The van der Waals surface area contributed by atoms with Gasteiger partial charge in [0.05, 0.1) is 0 Å². The Morgan fingerprint density at radius 1 is 1.41 bits per heavy atom. The number of amides is 1. The highest BCUT2D eigenvalue weighted by atomic mass is 32.1. The molecule has 0 spiro atoms. The minimum atomic E-state index is -0.318. The van der Waals surface area contributed by atoms with Crippen LogP contribution in [0.2, 0.25) is 0 Å². The standard InChI is InChI=1S/C12H17N3OS/c1-14-12(17)15(8-7-11(13)16)9-10-5-3-2-4-6-10/h2-6H,7-9H2,1H3,(H2,13,16)(H,14,17). The maximum atomic E-state index is 10.8. The molecule has 0 saturated heterocycles. The summed E-state index contributed by atoms with van der Waals surface area (Å²) >= 11 is 5.19. The topological polar surface area (TPSA) is 58.4 Å². The maximum absolute atomic E-state index is 10.8. The van der Waals surface area contributed by atoms with Crippen LogP contribution in [0.1, 0.15) is 12.0 Å². The van der Waals surface area contributed by atoms with E-state index < -0.39 is 0 Å². The third kappa shape index (κ3) is 4.82. The highest BCUT2D eigenvalue weighted by molar-refractivity contribution is 7.80. The molecule has 1 amide bonds. The van der Waals surface area contributed by atoms with E-state index in [0.29, 0.717) is 24.6 Å². The highest BCUT2D eigenvalue weighted by Crippen LogP contribution is 2.05. The first-order chi connectivity index (χ1) is 8.13. The van der Waals surface area contributed by atoms with Crippen LogP contribution in [0.5, 0.6) is 0 Å². The maximum Gasteiger partial charge on any atom is 0.219 e. The zero-order valence-corrected chi connectivity index (χ0v) is 10.7. The molecule has 1 rings (SSSR count). The number of nitrogens with one attached hydrogen (secondary N) is 1. The molecule has 1 aromatic carbocycles. The molecule has 3 N–H and O–H groups in total. The van der Waals surface area contributed by atoms with Crippen LogP contribution in [0.3, 0.4) is 0 Å². The first-order valence-corrected chi connectivity index (χ1v) is 5.83. The number of primary amides is 1. The molecule has 0 unspecified atom stereocenters. The Bertz CT molecular complexity index is 381. The molecule has 0 fully saturated rings. The first-order valence-electron chi connectivity index (χ1n) is 5.42. The molecule has 0 atom stereocenters. The molecule has 0 aromatic heterocycles. The third-order valence-corrected chi connectivity index (χ3v) is 2.81. The lowest BCUT2D eigenvalue weighted by Crippen LogP contribution is -2.39. The molecule has 17 heavy (non-hydrogen) atoms. The number of carbonyl (C=O) groups excluding carboxylic acids is 1. The summed E-state index contributed by atoms with van der Waals surface area (Å²) in [5.74, 6) is -0.318. The van der Waals surface area contributed by atoms with Crippen molar-refractivity contribution in [2.75, 3.05) is 13.6 Å². The van der Waals surface area contributed by atoms with Gasteiger partial charge >= 0.3 is 0 Å². The molecule has 0 aliphatic carbocycles. The van der Waals surface area contributed by atoms with E-state index in [1.165, 1.54) is 0 Å². The largest absolute Gasteiger partial charge is 0.370 e. The Balaban J connectivity index is 2.63. The summed E-state index contributed by atoms with van der Waals surface area (Å²) < 4.78 is 0. The van der Waals surface area contributed by atoms with E-state index in [-0.39, 0.29) is 5.91 Å². The van der Waals surface area contributed by atoms with Gasteiger partial charge < -0.3 is 16.0 Å². The van der Waals surface area contributed by atoms with Crippen LogP contribution in [0.15, 0.2) is 30.3 Å². The van der Waals surface area contributed by atoms with Crippen LogP contribution in [0.4, 0.5) is 0 Å². The minimum absolute atomic E-state index is 0.300. The second-order valence-corrected chi connectivity index (χ2v) is 4.07. The Labute approximate surface area is 107 Å². The lowest BCUT2D eigenvalue weighted by Gasteiger charge is -2.24. The van der Waals surface area contributed by atoms with Crippen LogP contribution in [-0.4, -0.2) is 29.5 Å². The van der Waals surface area contributed by atoms with Gasteiger partial charge in [0.1, 0.15) is 0 Å². The SMILES string of the molecule is CNC(=S)N(CCC(N)=O)Cc1ccccc1. The lowest BCUT2D eigenvalue weighted by atomic mass is 10.2. The first kappa shape index (κ1) is 13.4. The second kappa shape index (κ2) is 6.85. The van der Waals surface area contributed by atoms with E-state index in [1.54, 1.807) is 7.05 Å². The van der Waals surface area contributed by atoms with Crippen molar-refractivity contribution < 1.29 is 4.79 Å². The van der Waals surface area contributed by atoms with Crippen molar-refractivity contribution in [3.05, 3.63) is 35.9 Å². The van der Waals surface area contributed by atoms with Crippen molar-refractivity contribution in [2.45, 2.75) is 13.0 Å². The number of rotatable bonds is 5. The summed E-state index contributed by atoms with van der Waals surface area (Å²) in [6.07, 6.45) is 0.300. The number of nitrogens with two attached hydrogens (primary N) is 1. The molecule has 0 radical (unpaired) electrons. The number of hydrogen-bond acceptors (Lipinski definition) is 2. The van der Waals surface area contributed by atoms with Gasteiger partial charge in [-0.3, -0.25) is 4.79 Å². The van der Waals surface area contributed by atoms with E-state index in [4.69, 9.17) is 18.0 Å². The number of hydrogen-bond donors (Lipinski definition) is 2. The zero-order valence-electron chi connectivity index (χ0n) is 9.85. The molecular formula is C12H17N3OS. The normalized spacial score (nSPS) is 9.71. The van der Waals surface area contributed by atoms with Crippen molar-refractivity contribution in [1.29, 1.82) is 0 Å². The van der Waals surface area contributed by atoms with Crippen molar-refractivity contribution in [3.8, 4) is 0 Å². The minimum Gasteiger partial charge on any atom is -0.370 e. The van der Waals surface area contributed by atoms with E-state index >= 15 is 0 Å². The Morgan fingerprint density at radius 2 is 2.06 bits per heavy atom. The van der Waals surface area contributed by atoms with Gasteiger partial charge in [0.15, 0.2) is 5.11 Å². The van der Waals surface area contributed by atoms with Crippen molar-refractivity contribution in [3.63, 3.8) is 0 Å². The summed E-state index contributed by atoms with van der Waals surface area (Å²) in [6, 6.07) is 9.97. The third-order valence-electron chi connectivity index (χ3n) is 2.35. The lowest BCUT2D eigenvalue weighted by molar-refractivity contribution is -0.118. The van der Waals surface area contributed by atoms with Crippen molar-refractivity contribution in [2.24, 2.45) is 5.73 Å². The summed E-state index contributed by atoms with van der Waals surface area (Å²) in [6.45, 7) is 1.21. The molecule has 0 heterocycles. The van der Waals surface area contributed by atoms with Crippen LogP contribution >= 0.6 is 12.2 Å². The Hall–Kier alpha value is -1.62. The number of carbonyl (C=O) groups is 1. The van der Waals surface area contributed by atoms with Crippen LogP contribution in [0, 0.1) is 0 Å². The van der Waals surface area contributed by atoms with E-state index in [0.717, 1.165) is 5.56 Å². The molecule has 4 nitrogen and oxygen atoms in total. The summed E-state index contributed by atoms with van der Waals surface area (Å²) in [4.78, 5) is 12.7. The van der Waals surface area contributed by atoms with Crippen molar-refractivity contribution >= 4 is 23.2 Å². The zero-order chi connectivity index (χ0) is 12.7. The quantitative estimate of drug-likeness (QED) is 0.762. The number of nitrogens with zero attached hydrogens (tertiary/aromatic N) is 1. The second-order valence-electron chi connectivity index (χ2n) is 3.68. The fraction of sp³-hybridized carbons (Fsp3) is 0.333. The molecule has 1 aromatic rings. The summed E-state index contributed by atoms with van der Waals surface area (Å²) in [5, 5.41) is 3.53. The molecule has 92 valence electrons. The molecule has 0 aliphatic rings. The van der Waals surface area contributed by atoms with Crippen LogP contribution in [-0.2, 0) is 11.3 Å². The van der Waals surface area contributed by atoms with Gasteiger partial charge in [-0.15, -0.1) is 0 Å². The molecule has 0 saturated carbocycles. The van der Waals surface area contributed by atoms with Gasteiger partial charge in [-0.2, -0.15) is 0 Å². The predicted molar refractivity (Wildman–Crippen MR) is 72.3 cm³/mol. The van der Waals surface area contributed by atoms with Crippen LogP contribution < -0.4 is 11.1 Å². The highest BCUT2D eigenvalue weighted by Gasteiger charge is 2.09. The average molecular weight is 251 g/mol. The molecular weight excluding hydrogens is 234 g/mol. The molecule has 5 heteroatoms. The van der Waals surface area contributed by atoms with E-state index in [1.807, 2.05) is 35.2 Å². The van der Waals surface area contributed by atoms with Crippen molar-refractivity contribution in [1.82, 2.24) is 10.2 Å². The van der Waals surface area contributed by atoms with Gasteiger partial charge in [0.25, 0.3) is 0 Å². The Morgan fingerprint density at radius 3 is 2.59 bits per heavy atom. The summed E-state index contributed by atoms with van der Waals surface area (Å²) in [7, 11) is 1.77. The molecule has 0 aliphatic heterocycles. The van der Waals surface area contributed by atoms with Gasteiger partial charge in [0.2, 0.25) is 5.91 Å². The van der Waals surface area contributed by atoms with Gasteiger partial charge in [0, 0.05) is 26.6 Å².